The lowest BCUT2D eigenvalue weighted by molar-refractivity contribution is -0.386. The molecule has 0 aromatic heterocycles. The van der Waals surface area contributed by atoms with Gasteiger partial charge in [0, 0.05) is 24.6 Å². The molecule has 1 unspecified atom stereocenters. The highest BCUT2D eigenvalue weighted by molar-refractivity contribution is 5.49. The van der Waals surface area contributed by atoms with Crippen LogP contribution >= 0.6 is 0 Å². The molecule has 298 valence electrons. The van der Waals surface area contributed by atoms with Crippen LogP contribution in [0.3, 0.4) is 0 Å². The van der Waals surface area contributed by atoms with Crippen molar-refractivity contribution in [3.05, 3.63) is 237 Å². The van der Waals surface area contributed by atoms with Crippen LogP contribution in [0.5, 0.6) is 17.2 Å². The third-order valence-corrected chi connectivity index (χ3v) is 10.3. The Bertz CT molecular complexity index is 2240. The third-order valence-electron chi connectivity index (χ3n) is 10.3. The van der Waals surface area contributed by atoms with Gasteiger partial charge in [-0.3, -0.25) is 10.1 Å². The van der Waals surface area contributed by atoms with Crippen LogP contribution in [0.1, 0.15) is 57.4 Å². The zero-order chi connectivity index (χ0) is 40.7. The molecule has 0 amide bonds. The van der Waals surface area contributed by atoms with E-state index in [-0.39, 0.29) is 36.5 Å². The average Bonchev–Trinajstić information content (AvgIpc) is 3.29. The molecule has 0 heterocycles. The molecule has 0 radical (unpaired) electrons. The van der Waals surface area contributed by atoms with Gasteiger partial charge >= 0.3 is 5.69 Å². The van der Waals surface area contributed by atoms with Crippen molar-refractivity contribution in [3.63, 3.8) is 0 Å². The summed E-state index contributed by atoms with van der Waals surface area (Å²) >= 11 is 0. The number of benzene rings is 7. The van der Waals surface area contributed by atoms with E-state index in [0.717, 1.165) is 44.9 Å². The number of ether oxygens (including phenoxy) is 3. The maximum absolute atomic E-state index is 12.1. The Kier molecular flexibility index (Phi) is 14.1. The van der Waals surface area contributed by atoms with Gasteiger partial charge in [-0.1, -0.05) is 152 Å². The normalized spacial score (nSPS) is 12.1. The van der Waals surface area contributed by atoms with Gasteiger partial charge in [0.15, 0.2) is 5.75 Å². The SMILES string of the molecule is O=[N+]([O-])c1cc([C@@H](O)CNC(Cc2ccccc2)CC(c2ccc(OCc3ccccc3)cc2)c2ccc(OCc3ccccc3)cc2)ccc1OCc1ccccc1. The first-order chi connectivity index (χ1) is 29.0. The Labute approximate surface area is 345 Å². The van der Waals surface area contributed by atoms with Gasteiger partial charge in [0.2, 0.25) is 0 Å². The van der Waals surface area contributed by atoms with Gasteiger partial charge in [-0.2, -0.15) is 0 Å². The Hall–Kier alpha value is -6.74. The quantitative estimate of drug-likeness (QED) is 0.0586. The monoisotopic (exact) mass is 784 g/mol. The summed E-state index contributed by atoms with van der Waals surface area (Å²) in [4.78, 5) is 11.7. The standard InChI is InChI=1S/C51H48N2O6/c54-50(44-25-30-51(49(32-44)53(55)56)59-37-41-19-11-4-12-20-41)34-52-45(31-38-13-5-1-6-14-38)33-48(42-21-26-46(27-22-42)57-35-39-15-7-2-8-16-39)43-23-28-47(29-24-43)58-36-40-17-9-3-10-18-40/h1-30,32,45,48,50,52,54H,31,33-37H2/t45?,50-/m0/s1. The van der Waals surface area contributed by atoms with Crippen LogP contribution in [0.15, 0.2) is 188 Å². The first kappa shape index (κ1) is 40.5. The lowest BCUT2D eigenvalue weighted by Gasteiger charge is -2.27. The van der Waals surface area contributed by atoms with Crippen LogP contribution in [0, 0.1) is 10.1 Å². The summed E-state index contributed by atoms with van der Waals surface area (Å²) in [5.41, 5.74) is 6.75. The molecule has 2 atom stereocenters. The van der Waals surface area contributed by atoms with E-state index in [0.29, 0.717) is 31.6 Å². The van der Waals surface area contributed by atoms with Crippen molar-refractivity contribution in [2.24, 2.45) is 0 Å². The number of aliphatic hydroxyl groups is 1. The smallest absolute Gasteiger partial charge is 0.311 e. The number of nitrogens with zero attached hydrogens (tertiary/aromatic N) is 1. The highest BCUT2D eigenvalue weighted by Crippen LogP contribution is 2.34. The molecule has 0 saturated heterocycles. The second-order valence-electron chi connectivity index (χ2n) is 14.5. The van der Waals surface area contributed by atoms with E-state index in [2.05, 4.69) is 41.7 Å². The van der Waals surface area contributed by atoms with Gasteiger partial charge in [-0.25, -0.2) is 0 Å². The second kappa shape index (κ2) is 20.6. The molecule has 0 saturated carbocycles. The van der Waals surface area contributed by atoms with E-state index >= 15 is 0 Å². The zero-order valence-electron chi connectivity index (χ0n) is 32.8. The molecule has 8 nitrogen and oxygen atoms in total. The number of hydrogen-bond donors (Lipinski definition) is 2. The number of nitro groups is 1. The second-order valence-corrected chi connectivity index (χ2v) is 14.5. The van der Waals surface area contributed by atoms with E-state index in [9.17, 15) is 15.2 Å². The average molecular weight is 785 g/mol. The van der Waals surface area contributed by atoms with Gasteiger partial charge < -0.3 is 24.6 Å². The molecule has 2 N–H and O–H groups in total. The lowest BCUT2D eigenvalue weighted by Crippen LogP contribution is -2.36. The first-order valence-corrected chi connectivity index (χ1v) is 19.9. The molecule has 59 heavy (non-hydrogen) atoms. The highest BCUT2D eigenvalue weighted by atomic mass is 16.6. The Morgan fingerprint density at radius 1 is 0.525 bits per heavy atom. The minimum absolute atomic E-state index is 0.0261. The molecule has 0 spiro atoms. The summed E-state index contributed by atoms with van der Waals surface area (Å²) in [7, 11) is 0. The van der Waals surface area contributed by atoms with Crippen LogP contribution in [-0.4, -0.2) is 22.6 Å². The molecule has 7 aromatic carbocycles. The number of nitro benzene ring substituents is 1. The number of nitrogens with one attached hydrogen (secondary N) is 1. The van der Waals surface area contributed by atoms with Crippen molar-refractivity contribution in [3.8, 4) is 17.2 Å². The predicted molar refractivity (Wildman–Crippen MR) is 232 cm³/mol. The fourth-order valence-electron chi connectivity index (χ4n) is 7.10. The molecule has 0 aliphatic carbocycles. The van der Waals surface area contributed by atoms with Gasteiger partial charge in [-0.05, 0) is 82.1 Å². The minimum Gasteiger partial charge on any atom is -0.489 e. The third kappa shape index (κ3) is 11.9. The molecule has 0 fully saturated rings. The topological polar surface area (TPSA) is 103 Å². The van der Waals surface area contributed by atoms with Crippen LogP contribution in [0.25, 0.3) is 0 Å². The van der Waals surface area contributed by atoms with Crippen molar-refractivity contribution in [2.75, 3.05) is 6.54 Å². The van der Waals surface area contributed by atoms with Crippen LogP contribution < -0.4 is 19.5 Å². The minimum atomic E-state index is -1.00. The zero-order valence-corrected chi connectivity index (χ0v) is 32.8. The Balaban J connectivity index is 1.10. The highest BCUT2D eigenvalue weighted by Gasteiger charge is 2.24. The fourth-order valence-corrected chi connectivity index (χ4v) is 7.10. The lowest BCUT2D eigenvalue weighted by atomic mass is 9.84. The summed E-state index contributed by atoms with van der Waals surface area (Å²) in [6.07, 6.45) is 0.394. The van der Waals surface area contributed by atoms with Crippen molar-refractivity contribution < 1.29 is 24.2 Å². The van der Waals surface area contributed by atoms with Crippen molar-refractivity contribution in [1.82, 2.24) is 5.32 Å². The molecular weight excluding hydrogens is 737 g/mol. The van der Waals surface area contributed by atoms with Crippen LogP contribution in [0.2, 0.25) is 0 Å². The maximum atomic E-state index is 12.1. The van der Waals surface area contributed by atoms with Gasteiger partial charge in [0.05, 0.1) is 11.0 Å². The summed E-state index contributed by atoms with van der Waals surface area (Å²) < 4.78 is 18.1. The maximum Gasteiger partial charge on any atom is 0.311 e. The van der Waals surface area contributed by atoms with Crippen molar-refractivity contribution >= 4 is 5.69 Å². The predicted octanol–water partition coefficient (Wildman–Crippen LogP) is 10.8. The number of aliphatic hydroxyl groups excluding tert-OH is 1. The molecule has 0 aliphatic heterocycles. The fraction of sp³-hybridized carbons (Fsp3) is 0.176. The molecule has 7 aromatic rings. The van der Waals surface area contributed by atoms with Gasteiger partial charge in [-0.15, -0.1) is 0 Å². The summed E-state index contributed by atoms with van der Waals surface area (Å²) in [6.45, 7) is 1.34. The van der Waals surface area contributed by atoms with Gasteiger partial charge in [0.1, 0.15) is 31.3 Å². The molecule has 0 aliphatic rings. The summed E-state index contributed by atoms with van der Waals surface area (Å²) in [6, 6.07) is 61.1. The van der Waals surface area contributed by atoms with Crippen LogP contribution in [0.4, 0.5) is 5.69 Å². The van der Waals surface area contributed by atoms with E-state index in [1.807, 2.05) is 133 Å². The van der Waals surface area contributed by atoms with E-state index in [1.165, 1.54) is 6.07 Å². The van der Waals surface area contributed by atoms with E-state index < -0.39 is 11.0 Å². The summed E-state index contributed by atoms with van der Waals surface area (Å²) in [5.74, 6) is 1.70. The number of hydrogen-bond acceptors (Lipinski definition) is 7. The molecule has 0 bridgehead atoms. The first-order valence-electron chi connectivity index (χ1n) is 19.9. The van der Waals surface area contributed by atoms with Crippen LogP contribution in [-0.2, 0) is 26.2 Å². The molecular formula is C51H48N2O6. The van der Waals surface area contributed by atoms with E-state index in [1.54, 1.807) is 12.1 Å². The molecule has 8 heteroatoms. The van der Waals surface area contributed by atoms with Crippen molar-refractivity contribution in [1.29, 1.82) is 0 Å². The summed E-state index contributed by atoms with van der Waals surface area (Å²) in [5, 5.41) is 27.3. The number of rotatable bonds is 20. The molecule has 7 rings (SSSR count). The van der Waals surface area contributed by atoms with Crippen molar-refractivity contribution in [2.45, 2.75) is 50.7 Å². The van der Waals surface area contributed by atoms with Gasteiger partial charge in [0.25, 0.3) is 0 Å². The van der Waals surface area contributed by atoms with E-state index in [4.69, 9.17) is 14.2 Å². The largest absolute Gasteiger partial charge is 0.489 e. The Morgan fingerprint density at radius 2 is 0.949 bits per heavy atom. The Morgan fingerprint density at radius 3 is 1.41 bits per heavy atom.